The van der Waals surface area contributed by atoms with Crippen molar-refractivity contribution in [3.8, 4) is 0 Å². The molecule has 2 aromatic rings. The number of benzene rings is 2. The maximum atomic E-state index is 12.7. The Labute approximate surface area is 164 Å². The summed E-state index contributed by atoms with van der Waals surface area (Å²) in [7, 11) is 0. The number of hydrogen-bond acceptors (Lipinski definition) is 3. The molecule has 1 aliphatic heterocycles. The van der Waals surface area contributed by atoms with Crippen LogP contribution in [0, 0.1) is 11.8 Å². The van der Waals surface area contributed by atoms with Crippen LogP contribution in [-0.4, -0.2) is 24.3 Å². The summed E-state index contributed by atoms with van der Waals surface area (Å²) >= 11 is 0. The fourth-order valence-electron chi connectivity index (χ4n) is 3.91. The van der Waals surface area contributed by atoms with E-state index in [1.54, 1.807) is 24.3 Å². The Morgan fingerprint density at radius 1 is 0.929 bits per heavy atom. The third-order valence-corrected chi connectivity index (χ3v) is 5.42. The van der Waals surface area contributed by atoms with E-state index in [0.29, 0.717) is 30.6 Å². The summed E-state index contributed by atoms with van der Waals surface area (Å²) < 4.78 is 0. The van der Waals surface area contributed by atoms with E-state index in [1.165, 1.54) is 4.90 Å². The SMILES string of the molecule is O=C(NCCc1ccccc1)c1cccc(N2C(=O)[C@H]3CC=CC[C@@H]3C2=O)c1. The van der Waals surface area contributed by atoms with Crippen LogP contribution in [0.5, 0.6) is 0 Å². The highest BCUT2D eigenvalue weighted by atomic mass is 16.2. The lowest BCUT2D eigenvalue weighted by Crippen LogP contribution is -2.31. The van der Waals surface area contributed by atoms with Gasteiger partial charge in [-0.05, 0) is 43.0 Å². The third-order valence-electron chi connectivity index (χ3n) is 5.42. The second-order valence-electron chi connectivity index (χ2n) is 7.21. The zero-order valence-corrected chi connectivity index (χ0v) is 15.5. The van der Waals surface area contributed by atoms with Crippen molar-refractivity contribution >= 4 is 23.4 Å². The van der Waals surface area contributed by atoms with E-state index in [9.17, 15) is 14.4 Å². The molecule has 2 aliphatic rings. The van der Waals surface area contributed by atoms with Gasteiger partial charge in [0.1, 0.15) is 0 Å². The van der Waals surface area contributed by atoms with Gasteiger partial charge in [-0.15, -0.1) is 0 Å². The number of imide groups is 1. The molecule has 0 unspecified atom stereocenters. The van der Waals surface area contributed by atoms with E-state index in [4.69, 9.17) is 0 Å². The van der Waals surface area contributed by atoms with Crippen LogP contribution in [0.1, 0.15) is 28.8 Å². The molecule has 5 nitrogen and oxygen atoms in total. The van der Waals surface area contributed by atoms with Crippen molar-refractivity contribution in [2.24, 2.45) is 11.8 Å². The molecule has 28 heavy (non-hydrogen) atoms. The van der Waals surface area contributed by atoms with Gasteiger partial charge >= 0.3 is 0 Å². The van der Waals surface area contributed by atoms with Gasteiger partial charge in [0.25, 0.3) is 5.91 Å². The molecule has 2 atom stereocenters. The minimum atomic E-state index is -0.277. The normalized spacial score (nSPS) is 20.9. The molecule has 0 spiro atoms. The smallest absolute Gasteiger partial charge is 0.251 e. The maximum Gasteiger partial charge on any atom is 0.251 e. The Kier molecular flexibility index (Phi) is 5.06. The van der Waals surface area contributed by atoms with Crippen LogP contribution in [0.4, 0.5) is 5.69 Å². The van der Waals surface area contributed by atoms with Crippen LogP contribution in [0.2, 0.25) is 0 Å². The van der Waals surface area contributed by atoms with E-state index < -0.39 is 0 Å². The molecule has 1 fully saturated rings. The molecule has 2 aromatic carbocycles. The molecular formula is C23H22N2O3. The molecule has 5 heteroatoms. The first-order chi connectivity index (χ1) is 13.6. The zero-order valence-electron chi connectivity index (χ0n) is 15.5. The summed E-state index contributed by atoms with van der Waals surface area (Å²) in [5, 5.41) is 2.90. The second kappa shape index (κ2) is 7.80. The lowest BCUT2D eigenvalue weighted by atomic mass is 9.85. The van der Waals surface area contributed by atoms with Gasteiger partial charge in [0.2, 0.25) is 11.8 Å². The number of carbonyl (C=O) groups is 3. The quantitative estimate of drug-likeness (QED) is 0.646. The number of fused-ring (bicyclic) bond motifs is 1. The number of carbonyl (C=O) groups excluding carboxylic acids is 3. The number of allylic oxidation sites excluding steroid dienone is 2. The minimum Gasteiger partial charge on any atom is -0.352 e. The van der Waals surface area contributed by atoms with Crippen LogP contribution in [-0.2, 0) is 16.0 Å². The maximum absolute atomic E-state index is 12.7. The van der Waals surface area contributed by atoms with Gasteiger partial charge in [0.05, 0.1) is 17.5 Å². The van der Waals surface area contributed by atoms with E-state index in [-0.39, 0.29) is 29.6 Å². The van der Waals surface area contributed by atoms with Crippen LogP contribution in [0.3, 0.4) is 0 Å². The van der Waals surface area contributed by atoms with Crippen molar-refractivity contribution in [2.75, 3.05) is 11.4 Å². The summed E-state index contributed by atoms with van der Waals surface area (Å²) in [5.74, 6) is -1.10. The van der Waals surface area contributed by atoms with E-state index in [0.717, 1.165) is 12.0 Å². The molecule has 0 saturated carbocycles. The molecule has 1 N–H and O–H groups in total. The molecule has 0 bridgehead atoms. The molecule has 0 aromatic heterocycles. The summed E-state index contributed by atoms with van der Waals surface area (Å²) in [6.07, 6.45) is 5.88. The van der Waals surface area contributed by atoms with Gasteiger partial charge in [-0.25, -0.2) is 0 Å². The van der Waals surface area contributed by atoms with E-state index in [1.807, 2.05) is 42.5 Å². The van der Waals surface area contributed by atoms with Gasteiger partial charge in [-0.3, -0.25) is 19.3 Å². The van der Waals surface area contributed by atoms with Gasteiger partial charge in [0.15, 0.2) is 0 Å². The molecule has 4 rings (SSSR count). The lowest BCUT2D eigenvalue weighted by Gasteiger charge is -2.16. The first-order valence-electron chi connectivity index (χ1n) is 9.60. The summed E-state index contributed by atoms with van der Waals surface area (Å²) in [5.41, 5.74) is 2.07. The van der Waals surface area contributed by atoms with E-state index in [2.05, 4.69) is 5.32 Å². The van der Waals surface area contributed by atoms with Gasteiger partial charge in [-0.2, -0.15) is 0 Å². The average Bonchev–Trinajstić information content (AvgIpc) is 2.99. The minimum absolute atomic E-state index is 0.166. The van der Waals surface area contributed by atoms with Gasteiger partial charge < -0.3 is 5.32 Å². The monoisotopic (exact) mass is 374 g/mol. The lowest BCUT2D eigenvalue weighted by molar-refractivity contribution is -0.122. The number of nitrogens with zero attached hydrogens (tertiary/aromatic N) is 1. The summed E-state index contributed by atoms with van der Waals surface area (Å²) in [6.45, 7) is 0.518. The zero-order chi connectivity index (χ0) is 19.5. The second-order valence-corrected chi connectivity index (χ2v) is 7.21. The third kappa shape index (κ3) is 3.48. The van der Waals surface area contributed by atoms with Crippen LogP contribution < -0.4 is 10.2 Å². The molecule has 3 amide bonds. The molecule has 1 aliphatic carbocycles. The van der Waals surface area contributed by atoms with Crippen LogP contribution >= 0.6 is 0 Å². The highest BCUT2D eigenvalue weighted by Gasteiger charge is 2.47. The Hall–Kier alpha value is -3.21. The number of hydrogen-bond donors (Lipinski definition) is 1. The molecule has 0 radical (unpaired) electrons. The molecule has 1 heterocycles. The van der Waals surface area contributed by atoms with Gasteiger partial charge in [0, 0.05) is 12.1 Å². The highest BCUT2D eigenvalue weighted by molar-refractivity contribution is 6.22. The highest BCUT2D eigenvalue weighted by Crippen LogP contribution is 2.37. The van der Waals surface area contributed by atoms with Crippen molar-refractivity contribution in [3.05, 3.63) is 77.9 Å². The Balaban J connectivity index is 1.45. The predicted molar refractivity (Wildman–Crippen MR) is 107 cm³/mol. The molecule has 1 saturated heterocycles. The fourth-order valence-corrected chi connectivity index (χ4v) is 3.91. The number of rotatable bonds is 5. The van der Waals surface area contributed by atoms with Crippen molar-refractivity contribution < 1.29 is 14.4 Å². The Bertz CT molecular complexity index is 910. The summed E-state index contributed by atoms with van der Waals surface area (Å²) in [4.78, 5) is 39.2. The molecule has 142 valence electrons. The van der Waals surface area contributed by atoms with Crippen molar-refractivity contribution in [1.82, 2.24) is 5.32 Å². The van der Waals surface area contributed by atoms with Crippen molar-refractivity contribution in [2.45, 2.75) is 19.3 Å². The average molecular weight is 374 g/mol. The number of amides is 3. The standard InChI is InChI=1S/C23H22N2O3/c26-21(24-14-13-16-7-2-1-3-8-16)17-9-6-10-18(15-17)25-22(27)19-11-4-5-12-20(19)23(25)28/h1-10,15,19-20H,11-14H2,(H,24,26)/t19-,20-/m0/s1. The first-order valence-corrected chi connectivity index (χ1v) is 9.60. The van der Waals surface area contributed by atoms with Gasteiger partial charge in [-0.1, -0.05) is 48.6 Å². The predicted octanol–water partition coefficient (Wildman–Crippen LogP) is 3.11. The number of nitrogens with one attached hydrogen (secondary N) is 1. The van der Waals surface area contributed by atoms with E-state index >= 15 is 0 Å². The first kappa shape index (κ1) is 18.2. The topological polar surface area (TPSA) is 66.5 Å². The van der Waals surface area contributed by atoms with Crippen molar-refractivity contribution in [3.63, 3.8) is 0 Å². The molecular weight excluding hydrogens is 352 g/mol. The summed E-state index contributed by atoms with van der Waals surface area (Å²) in [6, 6.07) is 16.7. The Morgan fingerprint density at radius 3 is 2.29 bits per heavy atom. The largest absolute Gasteiger partial charge is 0.352 e. The van der Waals surface area contributed by atoms with Crippen LogP contribution in [0.15, 0.2) is 66.7 Å². The Morgan fingerprint density at radius 2 is 1.61 bits per heavy atom. The van der Waals surface area contributed by atoms with Crippen LogP contribution in [0.25, 0.3) is 0 Å². The number of anilines is 1. The fraction of sp³-hybridized carbons (Fsp3) is 0.261. The van der Waals surface area contributed by atoms with Crippen molar-refractivity contribution in [1.29, 1.82) is 0 Å².